The Kier molecular flexibility index (Phi) is 6.68. The van der Waals surface area contributed by atoms with Crippen molar-refractivity contribution in [3.63, 3.8) is 0 Å². The lowest BCUT2D eigenvalue weighted by atomic mass is 9.80. The van der Waals surface area contributed by atoms with Crippen LogP contribution in [0.3, 0.4) is 0 Å². The summed E-state index contributed by atoms with van der Waals surface area (Å²) in [6.07, 6.45) is 0.936. The minimum Gasteiger partial charge on any atom is -0.481 e. The van der Waals surface area contributed by atoms with Crippen LogP contribution in [0.25, 0.3) is 0 Å². The molecule has 1 saturated heterocycles. The molecule has 1 aromatic carbocycles. The molecule has 0 aromatic heterocycles. The lowest BCUT2D eigenvalue weighted by Crippen LogP contribution is -2.53. The van der Waals surface area contributed by atoms with Gasteiger partial charge in [0, 0.05) is 37.4 Å². The van der Waals surface area contributed by atoms with Gasteiger partial charge in [0.15, 0.2) is 0 Å². The molecule has 1 fully saturated rings. The largest absolute Gasteiger partial charge is 0.481 e. The summed E-state index contributed by atoms with van der Waals surface area (Å²) in [5, 5.41) is 22.9. The fourth-order valence-electron chi connectivity index (χ4n) is 3.35. The molecule has 0 aliphatic carbocycles. The number of carboxylic acids is 1. The number of carbonyl (C=O) groups is 3. The molecule has 10 heteroatoms. The van der Waals surface area contributed by atoms with Crippen LogP contribution in [0.4, 0.5) is 5.69 Å². The van der Waals surface area contributed by atoms with Crippen molar-refractivity contribution in [2.24, 2.45) is 5.41 Å². The van der Waals surface area contributed by atoms with E-state index in [0.29, 0.717) is 24.9 Å². The van der Waals surface area contributed by atoms with Gasteiger partial charge in [-0.1, -0.05) is 0 Å². The summed E-state index contributed by atoms with van der Waals surface area (Å²) in [6.45, 7) is 1.65. The Morgan fingerprint density at radius 1 is 1.39 bits per heavy atom. The summed E-state index contributed by atoms with van der Waals surface area (Å²) in [7, 11) is 1.41. The second kappa shape index (κ2) is 8.79. The lowest BCUT2D eigenvalue weighted by Gasteiger charge is -2.39. The smallest absolute Gasteiger partial charge is 0.313 e. The number of aliphatic carboxylic acids is 1. The number of hydrogen-bond donors (Lipinski definition) is 2. The molecule has 0 radical (unpaired) electrons. The van der Waals surface area contributed by atoms with Crippen LogP contribution in [-0.4, -0.2) is 66.1 Å². The van der Waals surface area contributed by atoms with E-state index in [1.165, 1.54) is 37.1 Å². The van der Waals surface area contributed by atoms with E-state index in [4.69, 9.17) is 4.74 Å². The van der Waals surface area contributed by atoms with Gasteiger partial charge in [-0.25, -0.2) is 0 Å². The zero-order valence-corrected chi connectivity index (χ0v) is 15.8. The predicted octanol–water partition coefficient (Wildman–Crippen LogP) is 0.973. The molecule has 1 heterocycles. The third kappa shape index (κ3) is 4.63. The van der Waals surface area contributed by atoms with Gasteiger partial charge in [0.2, 0.25) is 5.91 Å². The van der Waals surface area contributed by atoms with Crippen molar-refractivity contribution in [3.8, 4) is 0 Å². The van der Waals surface area contributed by atoms with Crippen LogP contribution in [0.1, 0.15) is 28.8 Å². The van der Waals surface area contributed by atoms with E-state index >= 15 is 0 Å². The van der Waals surface area contributed by atoms with E-state index in [9.17, 15) is 29.6 Å². The van der Waals surface area contributed by atoms with Gasteiger partial charge < -0.3 is 20.1 Å². The number of carbonyl (C=O) groups excluding carboxylic acids is 2. The van der Waals surface area contributed by atoms with Gasteiger partial charge in [0.25, 0.3) is 11.6 Å². The van der Waals surface area contributed by atoms with Crippen molar-refractivity contribution >= 4 is 23.5 Å². The molecule has 0 bridgehead atoms. The highest BCUT2D eigenvalue weighted by molar-refractivity contribution is 5.97. The molecule has 2 amide bonds. The monoisotopic (exact) mass is 393 g/mol. The fraction of sp³-hybridized carbons (Fsp3) is 0.500. The van der Waals surface area contributed by atoms with Gasteiger partial charge in [0.1, 0.15) is 5.41 Å². The first-order valence-electron chi connectivity index (χ1n) is 8.73. The first kappa shape index (κ1) is 21.3. The summed E-state index contributed by atoms with van der Waals surface area (Å²) < 4.78 is 5.03. The van der Waals surface area contributed by atoms with Gasteiger partial charge in [0.05, 0.1) is 18.1 Å². The summed E-state index contributed by atoms with van der Waals surface area (Å²) in [5.74, 6) is -1.95. The number of piperidine rings is 1. The molecule has 28 heavy (non-hydrogen) atoms. The number of hydrogen-bond acceptors (Lipinski definition) is 6. The number of nitrogens with zero attached hydrogens (tertiary/aromatic N) is 2. The SMILES string of the molecule is COCC1(C(=O)O)CCCN(C(=O)CNC(=O)c2ccc([N+](=O)[O-])c(C)c2)C1. The summed E-state index contributed by atoms with van der Waals surface area (Å²) >= 11 is 0. The van der Waals surface area contributed by atoms with Crippen molar-refractivity contribution < 1.29 is 29.2 Å². The Morgan fingerprint density at radius 3 is 2.68 bits per heavy atom. The number of likely N-dealkylation sites (tertiary alicyclic amines) is 1. The van der Waals surface area contributed by atoms with Gasteiger partial charge in [-0.15, -0.1) is 0 Å². The number of benzene rings is 1. The summed E-state index contributed by atoms with van der Waals surface area (Å²) in [5.41, 5.74) is -0.703. The summed E-state index contributed by atoms with van der Waals surface area (Å²) in [4.78, 5) is 48.1. The van der Waals surface area contributed by atoms with Crippen molar-refractivity contribution in [2.45, 2.75) is 19.8 Å². The third-order valence-electron chi connectivity index (χ3n) is 4.86. The minimum atomic E-state index is -1.15. The predicted molar refractivity (Wildman–Crippen MR) is 97.9 cm³/mol. The molecule has 10 nitrogen and oxygen atoms in total. The summed E-state index contributed by atoms with van der Waals surface area (Å²) in [6, 6.07) is 3.94. The zero-order chi connectivity index (χ0) is 20.9. The fourth-order valence-corrected chi connectivity index (χ4v) is 3.35. The Balaban J connectivity index is 1.99. The van der Waals surface area contributed by atoms with Crippen LogP contribution in [0.5, 0.6) is 0 Å². The van der Waals surface area contributed by atoms with Gasteiger partial charge >= 0.3 is 5.97 Å². The first-order chi connectivity index (χ1) is 13.2. The van der Waals surface area contributed by atoms with Gasteiger partial charge in [-0.3, -0.25) is 24.5 Å². The van der Waals surface area contributed by atoms with Crippen LogP contribution in [0.15, 0.2) is 18.2 Å². The molecule has 1 aliphatic rings. The van der Waals surface area contributed by atoms with Crippen LogP contribution < -0.4 is 5.32 Å². The lowest BCUT2D eigenvalue weighted by molar-refractivity contribution is -0.385. The van der Waals surface area contributed by atoms with E-state index in [1.807, 2.05) is 0 Å². The Labute approximate surface area is 161 Å². The van der Waals surface area contributed by atoms with E-state index in [0.717, 1.165) is 0 Å². The number of carboxylic acid groups (broad SMARTS) is 1. The molecule has 1 aromatic rings. The molecule has 0 saturated carbocycles. The quantitative estimate of drug-likeness (QED) is 0.520. The van der Waals surface area contributed by atoms with Crippen molar-refractivity contribution in [1.82, 2.24) is 10.2 Å². The highest BCUT2D eigenvalue weighted by atomic mass is 16.6. The number of nitro benzene ring substituents is 1. The maximum Gasteiger partial charge on any atom is 0.313 e. The standard InChI is InChI=1S/C18H23N3O7/c1-12-8-13(4-5-14(12)21(26)27)16(23)19-9-15(22)20-7-3-6-18(10-20,11-28-2)17(24)25/h4-5,8H,3,6-7,9-11H2,1-2H3,(H,19,23)(H,24,25). The average Bonchev–Trinajstić information content (AvgIpc) is 2.65. The Bertz CT molecular complexity index is 791. The molecule has 1 atom stereocenters. The molecule has 2 N–H and O–H groups in total. The number of nitro groups is 1. The Hall–Kier alpha value is -3.01. The number of aryl methyl sites for hydroxylation is 1. The number of rotatable bonds is 7. The maximum atomic E-state index is 12.4. The average molecular weight is 393 g/mol. The molecular formula is C18H23N3O7. The van der Waals surface area contributed by atoms with Crippen LogP contribution in [0, 0.1) is 22.5 Å². The van der Waals surface area contributed by atoms with Gasteiger partial charge in [-0.2, -0.15) is 0 Å². The van der Waals surface area contributed by atoms with Crippen LogP contribution >= 0.6 is 0 Å². The number of amides is 2. The second-order valence-electron chi connectivity index (χ2n) is 6.88. The van der Waals surface area contributed by atoms with E-state index in [1.54, 1.807) is 0 Å². The molecule has 1 unspecified atom stereocenters. The van der Waals surface area contributed by atoms with Crippen LogP contribution in [0.2, 0.25) is 0 Å². The van der Waals surface area contributed by atoms with E-state index < -0.39 is 28.1 Å². The van der Waals surface area contributed by atoms with Crippen LogP contribution in [-0.2, 0) is 14.3 Å². The molecule has 2 rings (SSSR count). The van der Waals surface area contributed by atoms with Crippen molar-refractivity contribution in [1.29, 1.82) is 0 Å². The normalized spacial score (nSPS) is 19.1. The molecular weight excluding hydrogens is 370 g/mol. The van der Waals surface area contributed by atoms with Crippen molar-refractivity contribution in [3.05, 3.63) is 39.4 Å². The van der Waals surface area contributed by atoms with Gasteiger partial charge in [-0.05, 0) is 31.9 Å². The number of ether oxygens (including phenoxy) is 1. The highest BCUT2D eigenvalue weighted by Crippen LogP contribution is 2.30. The Morgan fingerprint density at radius 2 is 2.11 bits per heavy atom. The minimum absolute atomic E-state index is 0.000540. The van der Waals surface area contributed by atoms with Crippen molar-refractivity contribution in [2.75, 3.05) is 33.4 Å². The third-order valence-corrected chi connectivity index (χ3v) is 4.86. The number of methoxy groups -OCH3 is 1. The second-order valence-corrected chi connectivity index (χ2v) is 6.88. The highest BCUT2D eigenvalue weighted by Gasteiger charge is 2.43. The molecule has 152 valence electrons. The molecule has 1 aliphatic heterocycles. The maximum absolute atomic E-state index is 12.4. The van der Waals surface area contributed by atoms with E-state index in [2.05, 4.69) is 5.32 Å². The first-order valence-corrected chi connectivity index (χ1v) is 8.73. The number of nitrogens with one attached hydrogen (secondary N) is 1. The van der Waals surface area contributed by atoms with E-state index in [-0.39, 0.29) is 30.9 Å². The topological polar surface area (TPSA) is 139 Å². The zero-order valence-electron chi connectivity index (χ0n) is 15.8. The molecule has 0 spiro atoms.